The van der Waals surface area contributed by atoms with E-state index in [9.17, 15) is 4.39 Å². The average molecular weight is 376 g/mol. The molecular weight excluding hydrogens is 359 g/mol. The van der Waals surface area contributed by atoms with Gasteiger partial charge in [-0.2, -0.15) is 5.10 Å². The van der Waals surface area contributed by atoms with Crippen LogP contribution in [0, 0.1) is 19.7 Å². The lowest BCUT2D eigenvalue weighted by atomic mass is 9.98. The Hall–Kier alpha value is -0.950. The smallest absolute Gasteiger partial charge is 0.147 e. The fourth-order valence-electron chi connectivity index (χ4n) is 2.39. The van der Waals surface area contributed by atoms with Gasteiger partial charge in [0.1, 0.15) is 5.82 Å². The zero-order valence-electron chi connectivity index (χ0n) is 12.0. The molecule has 1 aromatic heterocycles. The number of nitrogens with one attached hydrogen (secondary N) is 1. The standard InChI is InChI=1S/C14H17BrClFN4/c1-7-10(8(2)21(3)20-7)6-12(19-18)9-4-5-11(15)13(16)14(9)17/h4-5,12,19H,6,18H2,1-3H3. The van der Waals surface area contributed by atoms with Gasteiger partial charge in [-0.3, -0.25) is 16.0 Å². The molecule has 0 fully saturated rings. The number of benzene rings is 1. The van der Waals surface area contributed by atoms with Crippen LogP contribution in [-0.4, -0.2) is 9.78 Å². The number of hydrazine groups is 1. The van der Waals surface area contributed by atoms with Crippen LogP contribution in [0.1, 0.15) is 28.6 Å². The van der Waals surface area contributed by atoms with Crippen LogP contribution in [0.15, 0.2) is 16.6 Å². The molecule has 1 aromatic carbocycles. The van der Waals surface area contributed by atoms with Gasteiger partial charge < -0.3 is 0 Å². The lowest BCUT2D eigenvalue weighted by Crippen LogP contribution is -2.30. The summed E-state index contributed by atoms with van der Waals surface area (Å²) < 4.78 is 16.7. The summed E-state index contributed by atoms with van der Waals surface area (Å²) in [6, 6.07) is 3.02. The van der Waals surface area contributed by atoms with E-state index in [-0.39, 0.29) is 11.1 Å². The van der Waals surface area contributed by atoms with E-state index in [2.05, 4.69) is 26.5 Å². The van der Waals surface area contributed by atoms with E-state index in [1.54, 1.807) is 12.1 Å². The van der Waals surface area contributed by atoms with Crippen LogP contribution in [0.4, 0.5) is 4.39 Å². The van der Waals surface area contributed by atoms with Gasteiger partial charge in [0.15, 0.2) is 0 Å². The monoisotopic (exact) mass is 374 g/mol. The summed E-state index contributed by atoms with van der Waals surface area (Å²) in [6.45, 7) is 3.91. The Bertz CT molecular complexity index is 671. The first-order valence-electron chi connectivity index (χ1n) is 6.45. The second kappa shape index (κ2) is 6.44. The highest BCUT2D eigenvalue weighted by molar-refractivity contribution is 9.10. The van der Waals surface area contributed by atoms with Crippen molar-refractivity contribution in [3.8, 4) is 0 Å². The second-order valence-corrected chi connectivity index (χ2v) is 6.19. The molecule has 21 heavy (non-hydrogen) atoms. The van der Waals surface area contributed by atoms with Gasteiger partial charge in [0.2, 0.25) is 0 Å². The molecule has 7 heteroatoms. The van der Waals surface area contributed by atoms with Gasteiger partial charge in [-0.05, 0) is 47.8 Å². The lowest BCUT2D eigenvalue weighted by molar-refractivity contribution is 0.509. The molecule has 0 spiro atoms. The molecule has 0 bridgehead atoms. The van der Waals surface area contributed by atoms with Crippen molar-refractivity contribution in [2.45, 2.75) is 26.3 Å². The van der Waals surface area contributed by atoms with Gasteiger partial charge in [0, 0.05) is 22.8 Å². The second-order valence-electron chi connectivity index (χ2n) is 4.96. The zero-order chi connectivity index (χ0) is 15.7. The third-order valence-electron chi connectivity index (χ3n) is 3.71. The molecule has 0 saturated carbocycles. The van der Waals surface area contributed by atoms with E-state index in [0.717, 1.165) is 17.0 Å². The zero-order valence-corrected chi connectivity index (χ0v) is 14.4. The van der Waals surface area contributed by atoms with E-state index in [4.69, 9.17) is 17.4 Å². The minimum atomic E-state index is -0.465. The highest BCUT2D eigenvalue weighted by atomic mass is 79.9. The first kappa shape index (κ1) is 16.4. The van der Waals surface area contributed by atoms with Crippen LogP contribution in [0.25, 0.3) is 0 Å². The molecule has 1 unspecified atom stereocenters. The lowest BCUT2D eigenvalue weighted by Gasteiger charge is -2.18. The Morgan fingerprint density at radius 1 is 1.48 bits per heavy atom. The number of hydrogen-bond acceptors (Lipinski definition) is 3. The van der Waals surface area contributed by atoms with E-state index >= 15 is 0 Å². The van der Waals surface area contributed by atoms with Gasteiger partial charge in [0.05, 0.1) is 16.8 Å². The van der Waals surface area contributed by atoms with Crippen molar-refractivity contribution in [2.24, 2.45) is 12.9 Å². The van der Waals surface area contributed by atoms with Crippen molar-refractivity contribution in [1.29, 1.82) is 0 Å². The maximum absolute atomic E-state index is 14.3. The van der Waals surface area contributed by atoms with Crippen molar-refractivity contribution < 1.29 is 4.39 Å². The normalized spacial score (nSPS) is 12.7. The van der Waals surface area contributed by atoms with Crippen molar-refractivity contribution in [1.82, 2.24) is 15.2 Å². The summed E-state index contributed by atoms with van der Waals surface area (Å²) in [6.07, 6.45) is 0.539. The SMILES string of the molecule is Cc1nn(C)c(C)c1CC(NN)c1ccc(Br)c(Cl)c1F. The maximum Gasteiger partial charge on any atom is 0.147 e. The Labute approximate surface area is 136 Å². The topological polar surface area (TPSA) is 55.9 Å². The van der Waals surface area contributed by atoms with E-state index in [1.807, 2.05) is 25.6 Å². The summed E-state index contributed by atoms with van der Waals surface area (Å²) in [4.78, 5) is 0. The first-order valence-corrected chi connectivity index (χ1v) is 7.62. The Morgan fingerprint density at radius 2 is 2.14 bits per heavy atom. The average Bonchev–Trinajstić information content (AvgIpc) is 2.69. The number of halogens is 3. The molecule has 0 amide bonds. The summed E-state index contributed by atoms with van der Waals surface area (Å²) >= 11 is 9.15. The molecule has 1 atom stereocenters. The van der Waals surface area contributed by atoms with Crippen LogP contribution in [0.5, 0.6) is 0 Å². The largest absolute Gasteiger partial charge is 0.272 e. The minimum absolute atomic E-state index is 0.0624. The number of aromatic nitrogens is 2. The van der Waals surface area contributed by atoms with Crippen molar-refractivity contribution in [3.63, 3.8) is 0 Å². The maximum atomic E-state index is 14.3. The third kappa shape index (κ3) is 3.13. The van der Waals surface area contributed by atoms with Gasteiger partial charge in [-0.25, -0.2) is 4.39 Å². The van der Waals surface area contributed by atoms with Crippen molar-refractivity contribution in [2.75, 3.05) is 0 Å². The van der Waals surface area contributed by atoms with Crippen LogP contribution in [0.3, 0.4) is 0 Å². The first-order chi connectivity index (χ1) is 9.86. The summed E-state index contributed by atoms with van der Waals surface area (Å²) in [5.74, 6) is 5.15. The predicted molar refractivity (Wildman–Crippen MR) is 85.6 cm³/mol. The van der Waals surface area contributed by atoms with E-state index < -0.39 is 5.82 Å². The van der Waals surface area contributed by atoms with Gasteiger partial charge in [0.25, 0.3) is 0 Å². The van der Waals surface area contributed by atoms with Crippen LogP contribution in [-0.2, 0) is 13.5 Å². The highest BCUT2D eigenvalue weighted by Gasteiger charge is 2.21. The Kier molecular flexibility index (Phi) is 5.03. The number of nitrogens with two attached hydrogens (primary N) is 1. The quantitative estimate of drug-likeness (QED) is 0.489. The molecule has 2 aromatic rings. The molecule has 3 N–H and O–H groups in total. The van der Waals surface area contributed by atoms with Gasteiger partial charge in [-0.1, -0.05) is 17.7 Å². The molecule has 0 saturated heterocycles. The third-order valence-corrected chi connectivity index (χ3v) is 4.97. The van der Waals surface area contributed by atoms with Crippen molar-refractivity contribution >= 4 is 27.5 Å². The molecule has 4 nitrogen and oxygen atoms in total. The number of nitrogens with zero attached hydrogens (tertiary/aromatic N) is 2. The van der Waals surface area contributed by atoms with E-state index in [1.165, 1.54) is 0 Å². The molecule has 2 rings (SSSR count). The number of aryl methyl sites for hydroxylation is 2. The van der Waals surface area contributed by atoms with Gasteiger partial charge in [-0.15, -0.1) is 0 Å². The molecule has 0 radical (unpaired) electrons. The summed E-state index contributed by atoms with van der Waals surface area (Å²) in [5.41, 5.74) is 6.11. The van der Waals surface area contributed by atoms with Crippen LogP contribution >= 0.6 is 27.5 Å². The van der Waals surface area contributed by atoms with Crippen molar-refractivity contribution in [3.05, 3.63) is 50.0 Å². The summed E-state index contributed by atoms with van der Waals surface area (Å²) in [5, 5.41) is 4.43. The fraction of sp³-hybridized carbons (Fsp3) is 0.357. The highest BCUT2D eigenvalue weighted by Crippen LogP contribution is 2.32. The predicted octanol–water partition coefficient (Wildman–Crippen LogP) is 3.34. The van der Waals surface area contributed by atoms with E-state index in [0.29, 0.717) is 16.5 Å². The minimum Gasteiger partial charge on any atom is -0.272 e. The molecule has 1 heterocycles. The fourth-order valence-corrected chi connectivity index (χ4v) is 2.86. The Balaban J connectivity index is 2.39. The molecular formula is C14H17BrClFN4. The Morgan fingerprint density at radius 3 is 2.67 bits per heavy atom. The van der Waals surface area contributed by atoms with Crippen LogP contribution < -0.4 is 11.3 Å². The molecule has 114 valence electrons. The number of rotatable bonds is 4. The number of hydrogen-bond donors (Lipinski definition) is 2. The molecule has 0 aliphatic heterocycles. The molecule has 0 aliphatic carbocycles. The summed E-state index contributed by atoms with van der Waals surface area (Å²) in [7, 11) is 1.88. The van der Waals surface area contributed by atoms with Crippen LogP contribution in [0.2, 0.25) is 5.02 Å². The van der Waals surface area contributed by atoms with Gasteiger partial charge >= 0.3 is 0 Å². The molecule has 0 aliphatic rings.